The Balaban J connectivity index is 1.32. The zero-order valence-electron chi connectivity index (χ0n) is 20.1. The predicted octanol–water partition coefficient (Wildman–Crippen LogP) is 8.05. The van der Waals surface area contributed by atoms with Gasteiger partial charge in [-0.05, 0) is 74.2 Å². The van der Waals surface area contributed by atoms with Gasteiger partial charge < -0.3 is 4.74 Å². The lowest BCUT2D eigenvalue weighted by molar-refractivity contribution is 0.0320. The molecule has 3 saturated carbocycles. The van der Waals surface area contributed by atoms with Crippen molar-refractivity contribution in [1.29, 1.82) is 0 Å². The van der Waals surface area contributed by atoms with Crippen LogP contribution in [0.1, 0.15) is 96.5 Å². The number of hydrogen-bond donors (Lipinski definition) is 0. The molecule has 172 valence electrons. The van der Waals surface area contributed by atoms with Gasteiger partial charge in [0, 0.05) is 5.56 Å². The molecule has 0 aliphatic heterocycles. The van der Waals surface area contributed by atoms with E-state index >= 15 is 0 Å². The molecule has 3 fully saturated rings. The molecule has 0 unspecified atom stereocenters. The van der Waals surface area contributed by atoms with E-state index in [2.05, 4.69) is 60.2 Å². The number of benzene rings is 1. The zero-order chi connectivity index (χ0) is 22.3. The van der Waals surface area contributed by atoms with Gasteiger partial charge in [-0.3, -0.25) is 0 Å². The molecule has 32 heavy (non-hydrogen) atoms. The van der Waals surface area contributed by atoms with Gasteiger partial charge in [0.15, 0.2) is 11.6 Å². The van der Waals surface area contributed by atoms with Gasteiger partial charge in [-0.15, -0.1) is 0 Å². The van der Waals surface area contributed by atoms with E-state index < -0.39 is 0 Å². The van der Waals surface area contributed by atoms with E-state index in [0.717, 1.165) is 23.6 Å². The summed E-state index contributed by atoms with van der Waals surface area (Å²) < 4.78 is 5.75. The van der Waals surface area contributed by atoms with Gasteiger partial charge >= 0.3 is 0 Å². The van der Waals surface area contributed by atoms with Crippen LogP contribution < -0.4 is 4.74 Å². The number of fused-ring (bicyclic) bond motifs is 3. The molecule has 1 heterocycles. The number of rotatable bonds is 11. The van der Waals surface area contributed by atoms with Crippen molar-refractivity contribution in [2.45, 2.75) is 96.3 Å². The Kier molecular flexibility index (Phi) is 7.65. The molecular weight excluding hydrogens is 392 g/mol. The number of nitrogens with zero attached hydrogens (tertiary/aromatic N) is 2. The van der Waals surface area contributed by atoms with Gasteiger partial charge in [0.25, 0.3) is 0 Å². The van der Waals surface area contributed by atoms with E-state index in [4.69, 9.17) is 4.74 Å². The summed E-state index contributed by atoms with van der Waals surface area (Å²) in [6, 6.07) is 9.10. The second kappa shape index (κ2) is 10.6. The second-order valence-corrected chi connectivity index (χ2v) is 10.1. The first kappa shape index (κ1) is 23.0. The largest absolute Gasteiger partial charge is 0.486 e. The number of hydrogen-bond acceptors (Lipinski definition) is 3. The molecule has 2 bridgehead atoms. The maximum Gasteiger partial charge on any atom is 0.159 e. The Morgan fingerprint density at radius 1 is 0.844 bits per heavy atom. The van der Waals surface area contributed by atoms with E-state index in [-0.39, 0.29) is 0 Å². The summed E-state index contributed by atoms with van der Waals surface area (Å²) in [5.41, 5.74) is 3.69. The van der Waals surface area contributed by atoms with Crippen molar-refractivity contribution in [2.24, 2.45) is 5.41 Å². The van der Waals surface area contributed by atoms with E-state index in [0.29, 0.717) is 17.4 Å². The first-order valence-electron chi connectivity index (χ1n) is 12.9. The molecule has 1 aromatic heterocycles. The molecule has 0 amide bonds. The Morgan fingerprint density at radius 2 is 1.53 bits per heavy atom. The van der Waals surface area contributed by atoms with E-state index in [9.17, 15) is 0 Å². The lowest BCUT2D eigenvalue weighted by atomic mass is 9.51. The predicted molar refractivity (Wildman–Crippen MR) is 133 cm³/mol. The molecule has 1 aromatic carbocycles. The van der Waals surface area contributed by atoms with Gasteiger partial charge in [-0.2, -0.15) is 0 Å². The lowest BCUT2D eigenvalue weighted by Crippen LogP contribution is -2.44. The molecule has 0 atom stereocenters. The first-order valence-corrected chi connectivity index (χ1v) is 12.9. The standard InChI is InChI=1S/C29H40N2O/c1-3-5-6-7-8-9-21-32-26-22-30-27(31-23-26)24-10-12-25(13-11-24)29-18-15-28(14-4-2,16-19-29)17-20-29/h8-13,22-23H,3-7,14-21H2,1-2H3. The Hall–Kier alpha value is -2.16. The maximum absolute atomic E-state index is 5.75. The van der Waals surface area contributed by atoms with Crippen molar-refractivity contribution in [3.05, 3.63) is 54.4 Å². The van der Waals surface area contributed by atoms with Gasteiger partial charge in [-0.25, -0.2) is 9.97 Å². The van der Waals surface area contributed by atoms with Crippen LogP contribution in [0.5, 0.6) is 5.75 Å². The fourth-order valence-corrected chi connectivity index (χ4v) is 5.96. The molecule has 3 nitrogen and oxygen atoms in total. The van der Waals surface area contributed by atoms with Crippen LogP contribution in [0.4, 0.5) is 0 Å². The van der Waals surface area contributed by atoms with Crippen molar-refractivity contribution < 1.29 is 4.74 Å². The number of ether oxygens (including phenoxy) is 1. The number of aromatic nitrogens is 2. The van der Waals surface area contributed by atoms with Crippen LogP contribution in [0, 0.1) is 5.41 Å². The third-order valence-corrected chi connectivity index (χ3v) is 8.05. The maximum atomic E-state index is 5.75. The van der Waals surface area contributed by atoms with E-state index in [1.54, 1.807) is 12.4 Å². The van der Waals surface area contributed by atoms with Crippen molar-refractivity contribution >= 4 is 0 Å². The van der Waals surface area contributed by atoms with Gasteiger partial charge in [0.1, 0.15) is 6.61 Å². The number of allylic oxidation sites excluding steroid dienone is 1. The summed E-state index contributed by atoms with van der Waals surface area (Å²) in [5.74, 6) is 1.49. The van der Waals surface area contributed by atoms with Crippen LogP contribution in [-0.4, -0.2) is 16.6 Å². The van der Waals surface area contributed by atoms with Crippen LogP contribution in [0.15, 0.2) is 48.8 Å². The molecule has 2 aromatic rings. The quantitative estimate of drug-likeness (QED) is 0.266. The normalized spacial score (nSPS) is 24.8. The molecule has 0 saturated heterocycles. The molecule has 3 aliphatic carbocycles. The molecular formula is C29H40N2O. The molecule has 0 radical (unpaired) electrons. The minimum Gasteiger partial charge on any atom is -0.486 e. The topological polar surface area (TPSA) is 35.0 Å². The third kappa shape index (κ3) is 5.24. The summed E-state index contributed by atoms with van der Waals surface area (Å²) in [7, 11) is 0. The molecule has 0 N–H and O–H groups in total. The second-order valence-electron chi connectivity index (χ2n) is 10.1. The summed E-state index contributed by atoms with van der Waals surface area (Å²) >= 11 is 0. The summed E-state index contributed by atoms with van der Waals surface area (Å²) in [6.07, 6.45) is 23.9. The first-order chi connectivity index (χ1) is 15.7. The van der Waals surface area contributed by atoms with Crippen LogP contribution in [0.3, 0.4) is 0 Å². The fraction of sp³-hybridized carbons (Fsp3) is 0.586. The molecule has 5 rings (SSSR count). The molecule has 0 spiro atoms. The highest BCUT2D eigenvalue weighted by atomic mass is 16.5. The van der Waals surface area contributed by atoms with Crippen LogP contribution in [-0.2, 0) is 5.41 Å². The monoisotopic (exact) mass is 432 g/mol. The van der Waals surface area contributed by atoms with E-state index in [1.165, 1.54) is 76.2 Å². The number of unbranched alkanes of at least 4 members (excludes halogenated alkanes) is 3. The average Bonchev–Trinajstić information content (AvgIpc) is 2.85. The minimum absolute atomic E-state index is 0.413. The highest BCUT2D eigenvalue weighted by molar-refractivity contribution is 5.56. The van der Waals surface area contributed by atoms with Crippen LogP contribution in [0.25, 0.3) is 11.4 Å². The highest BCUT2D eigenvalue weighted by Crippen LogP contribution is 2.59. The smallest absolute Gasteiger partial charge is 0.159 e. The SMILES string of the molecule is CCCCCC=CCOc1cnc(-c2ccc(C34CCC(CCC)(CC3)CC4)cc2)nc1. The molecule has 3 heteroatoms. The van der Waals surface area contributed by atoms with Crippen LogP contribution >= 0.6 is 0 Å². The van der Waals surface area contributed by atoms with Crippen molar-refractivity contribution in [3.8, 4) is 17.1 Å². The Labute approximate surface area is 194 Å². The Bertz CT molecular complexity index is 845. The minimum atomic E-state index is 0.413. The van der Waals surface area contributed by atoms with E-state index in [1.807, 2.05) is 0 Å². The zero-order valence-corrected chi connectivity index (χ0v) is 20.1. The van der Waals surface area contributed by atoms with Gasteiger partial charge in [0.05, 0.1) is 12.4 Å². The van der Waals surface area contributed by atoms with Gasteiger partial charge in [0.2, 0.25) is 0 Å². The van der Waals surface area contributed by atoms with Crippen LogP contribution in [0.2, 0.25) is 0 Å². The van der Waals surface area contributed by atoms with Crippen molar-refractivity contribution in [2.75, 3.05) is 6.61 Å². The average molecular weight is 433 g/mol. The summed E-state index contributed by atoms with van der Waals surface area (Å²) in [4.78, 5) is 9.09. The Morgan fingerprint density at radius 3 is 2.16 bits per heavy atom. The highest BCUT2D eigenvalue weighted by Gasteiger charge is 2.48. The molecule has 3 aliphatic rings. The summed E-state index contributed by atoms with van der Waals surface area (Å²) in [5, 5.41) is 0. The summed E-state index contributed by atoms with van der Waals surface area (Å²) in [6.45, 7) is 5.15. The lowest BCUT2D eigenvalue weighted by Gasteiger charge is -2.54. The third-order valence-electron chi connectivity index (χ3n) is 8.05. The van der Waals surface area contributed by atoms with Crippen molar-refractivity contribution in [1.82, 2.24) is 9.97 Å². The fourth-order valence-electron chi connectivity index (χ4n) is 5.96. The van der Waals surface area contributed by atoms with Gasteiger partial charge in [-0.1, -0.05) is 69.5 Å². The van der Waals surface area contributed by atoms with Crippen molar-refractivity contribution in [3.63, 3.8) is 0 Å².